The highest BCUT2D eigenvalue weighted by Gasteiger charge is 2.15. The molecule has 2 heterocycles. The molecule has 5 nitrogen and oxygen atoms in total. The molecule has 2 atom stereocenters. The summed E-state index contributed by atoms with van der Waals surface area (Å²) in [6.07, 6.45) is 4.15. The summed E-state index contributed by atoms with van der Waals surface area (Å²) in [5, 5.41) is 6.73. The molecular formula is C17H22N4O. The number of hydrogen-bond acceptors (Lipinski definition) is 5. The zero-order valence-electron chi connectivity index (χ0n) is 12.8. The van der Waals surface area contributed by atoms with Crippen LogP contribution in [-0.4, -0.2) is 29.2 Å². The average Bonchev–Trinajstić information content (AvgIpc) is 3.08. The molecule has 5 heteroatoms. The smallest absolute Gasteiger partial charge is 0.131 e. The minimum atomic E-state index is 0.196. The number of aromatic nitrogens is 2. The minimum Gasteiger partial charge on any atom is -0.376 e. The third kappa shape index (κ3) is 3.95. The summed E-state index contributed by atoms with van der Waals surface area (Å²) in [4.78, 5) is 8.55. The molecule has 2 N–H and O–H groups in total. The van der Waals surface area contributed by atoms with Crippen LogP contribution in [0.5, 0.6) is 0 Å². The average molecular weight is 298 g/mol. The van der Waals surface area contributed by atoms with Gasteiger partial charge >= 0.3 is 0 Å². The molecule has 3 rings (SSSR count). The summed E-state index contributed by atoms with van der Waals surface area (Å²) in [7, 11) is 0. The Bertz CT molecular complexity index is 584. The Morgan fingerprint density at radius 3 is 2.82 bits per heavy atom. The van der Waals surface area contributed by atoms with Crippen LogP contribution in [0.3, 0.4) is 0 Å². The number of nitrogens with zero attached hydrogens (tertiary/aromatic N) is 2. The van der Waals surface area contributed by atoms with Crippen molar-refractivity contribution in [2.45, 2.75) is 31.9 Å². The van der Waals surface area contributed by atoms with E-state index in [-0.39, 0.29) is 6.04 Å². The summed E-state index contributed by atoms with van der Waals surface area (Å²) in [5.41, 5.74) is 1.23. The van der Waals surface area contributed by atoms with Gasteiger partial charge in [-0.3, -0.25) is 0 Å². The Morgan fingerprint density at radius 2 is 2.05 bits per heavy atom. The van der Waals surface area contributed by atoms with Crippen LogP contribution in [-0.2, 0) is 4.74 Å². The zero-order valence-corrected chi connectivity index (χ0v) is 12.8. The molecule has 0 bridgehead atoms. The number of nitrogens with one attached hydrogen (secondary N) is 2. The lowest BCUT2D eigenvalue weighted by atomic mass is 10.1. The third-order valence-corrected chi connectivity index (χ3v) is 3.87. The molecule has 0 amide bonds. The highest BCUT2D eigenvalue weighted by atomic mass is 16.5. The van der Waals surface area contributed by atoms with Gasteiger partial charge in [0.25, 0.3) is 0 Å². The maximum Gasteiger partial charge on any atom is 0.131 e. The van der Waals surface area contributed by atoms with Crippen molar-refractivity contribution >= 4 is 11.6 Å². The molecule has 0 radical (unpaired) electrons. The third-order valence-electron chi connectivity index (χ3n) is 3.87. The summed E-state index contributed by atoms with van der Waals surface area (Å²) >= 11 is 0. The van der Waals surface area contributed by atoms with Gasteiger partial charge in [-0.2, -0.15) is 0 Å². The van der Waals surface area contributed by atoms with Gasteiger partial charge < -0.3 is 15.4 Å². The Balaban J connectivity index is 1.58. The van der Waals surface area contributed by atoms with E-state index >= 15 is 0 Å². The molecule has 0 saturated carbocycles. The lowest BCUT2D eigenvalue weighted by molar-refractivity contribution is 0.120. The van der Waals surface area contributed by atoms with E-state index in [1.807, 2.05) is 24.3 Å². The molecule has 2 unspecified atom stereocenters. The van der Waals surface area contributed by atoms with E-state index in [1.165, 1.54) is 5.56 Å². The first-order valence-electron chi connectivity index (χ1n) is 7.80. The highest BCUT2D eigenvalue weighted by molar-refractivity contribution is 5.47. The van der Waals surface area contributed by atoms with Crippen LogP contribution < -0.4 is 10.6 Å². The van der Waals surface area contributed by atoms with E-state index in [0.29, 0.717) is 6.10 Å². The largest absolute Gasteiger partial charge is 0.376 e. The lowest BCUT2D eigenvalue weighted by Crippen LogP contribution is -2.19. The molecule has 1 aromatic carbocycles. The molecular weight excluding hydrogens is 276 g/mol. The first kappa shape index (κ1) is 14.8. The molecule has 0 aliphatic carbocycles. The molecule has 0 spiro atoms. The lowest BCUT2D eigenvalue weighted by Gasteiger charge is -2.16. The van der Waals surface area contributed by atoms with Gasteiger partial charge in [0.1, 0.15) is 18.0 Å². The van der Waals surface area contributed by atoms with Crippen molar-refractivity contribution in [3.8, 4) is 0 Å². The molecule has 116 valence electrons. The topological polar surface area (TPSA) is 59.1 Å². The van der Waals surface area contributed by atoms with Crippen LogP contribution in [0.15, 0.2) is 42.7 Å². The van der Waals surface area contributed by atoms with Gasteiger partial charge in [0.15, 0.2) is 0 Å². The first-order valence-corrected chi connectivity index (χ1v) is 7.80. The maximum absolute atomic E-state index is 5.61. The quantitative estimate of drug-likeness (QED) is 0.857. The normalized spacial score (nSPS) is 18.9. The van der Waals surface area contributed by atoms with Crippen LogP contribution in [0.4, 0.5) is 11.6 Å². The van der Waals surface area contributed by atoms with E-state index in [4.69, 9.17) is 4.74 Å². The van der Waals surface area contributed by atoms with Crippen molar-refractivity contribution in [3.05, 3.63) is 48.3 Å². The number of ether oxygens (including phenoxy) is 1. The van der Waals surface area contributed by atoms with Gasteiger partial charge in [-0.05, 0) is 25.3 Å². The van der Waals surface area contributed by atoms with Gasteiger partial charge in [0.05, 0.1) is 6.10 Å². The van der Waals surface area contributed by atoms with Gasteiger partial charge in [-0.1, -0.05) is 30.3 Å². The first-order chi connectivity index (χ1) is 10.8. The van der Waals surface area contributed by atoms with Crippen LogP contribution in [0.2, 0.25) is 0 Å². The van der Waals surface area contributed by atoms with Gasteiger partial charge in [0.2, 0.25) is 0 Å². The fourth-order valence-corrected chi connectivity index (χ4v) is 2.60. The predicted octanol–water partition coefficient (Wildman–Crippen LogP) is 3.24. The number of benzene rings is 1. The predicted molar refractivity (Wildman–Crippen MR) is 88.0 cm³/mol. The maximum atomic E-state index is 5.61. The van der Waals surface area contributed by atoms with E-state index in [9.17, 15) is 0 Å². The Morgan fingerprint density at radius 1 is 1.23 bits per heavy atom. The van der Waals surface area contributed by atoms with Crippen LogP contribution >= 0.6 is 0 Å². The standard InChI is InChI=1S/C17H22N4O/c1-13(14-6-3-2-4-7-14)21-17-10-16(19-12-20-17)18-11-15-8-5-9-22-15/h2-4,6-7,10,12-13,15H,5,8-9,11H2,1H3,(H2,18,19,20,21). The summed E-state index contributed by atoms with van der Waals surface area (Å²) in [6, 6.07) is 12.5. The highest BCUT2D eigenvalue weighted by Crippen LogP contribution is 2.19. The fraction of sp³-hybridized carbons (Fsp3) is 0.412. The van der Waals surface area contributed by atoms with Crippen molar-refractivity contribution in [2.24, 2.45) is 0 Å². The molecule has 1 aromatic heterocycles. The Kier molecular flexibility index (Phi) is 4.85. The van der Waals surface area contributed by atoms with Crippen molar-refractivity contribution < 1.29 is 4.74 Å². The molecule has 2 aromatic rings. The molecule has 22 heavy (non-hydrogen) atoms. The molecule has 1 aliphatic rings. The SMILES string of the molecule is CC(Nc1cc(NCC2CCCO2)ncn1)c1ccccc1. The van der Waals surface area contributed by atoms with E-state index in [0.717, 1.165) is 37.6 Å². The van der Waals surface area contributed by atoms with Crippen molar-refractivity contribution in [1.82, 2.24) is 9.97 Å². The van der Waals surface area contributed by atoms with Gasteiger partial charge in [-0.15, -0.1) is 0 Å². The minimum absolute atomic E-state index is 0.196. The van der Waals surface area contributed by atoms with Crippen LogP contribution in [0.1, 0.15) is 31.4 Å². The second-order valence-corrected chi connectivity index (χ2v) is 5.58. The van der Waals surface area contributed by atoms with Crippen molar-refractivity contribution in [3.63, 3.8) is 0 Å². The monoisotopic (exact) mass is 298 g/mol. The van der Waals surface area contributed by atoms with Gasteiger partial charge in [-0.25, -0.2) is 9.97 Å². The van der Waals surface area contributed by atoms with Crippen molar-refractivity contribution in [1.29, 1.82) is 0 Å². The van der Waals surface area contributed by atoms with E-state index in [1.54, 1.807) is 6.33 Å². The van der Waals surface area contributed by atoms with E-state index < -0.39 is 0 Å². The molecule has 1 aliphatic heterocycles. The summed E-state index contributed by atoms with van der Waals surface area (Å²) < 4.78 is 5.61. The molecule has 1 saturated heterocycles. The van der Waals surface area contributed by atoms with Crippen LogP contribution in [0.25, 0.3) is 0 Å². The zero-order chi connectivity index (χ0) is 15.2. The number of anilines is 2. The number of rotatable bonds is 6. The summed E-state index contributed by atoms with van der Waals surface area (Å²) in [5.74, 6) is 1.65. The van der Waals surface area contributed by atoms with Gasteiger partial charge in [0, 0.05) is 25.3 Å². The Labute approximate surface area is 131 Å². The van der Waals surface area contributed by atoms with Crippen LogP contribution in [0, 0.1) is 0 Å². The number of hydrogen-bond donors (Lipinski definition) is 2. The second kappa shape index (κ2) is 7.22. The second-order valence-electron chi connectivity index (χ2n) is 5.58. The van der Waals surface area contributed by atoms with Crippen molar-refractivity contribution in [2.75, 3.05) is 23.8 Å². The summed E-state index contributed by atoms with van der Waals surface area (Å²) in [6.45, 7) is 3.79. The van der Waals surface area contributed by atoms with E-state index in [2.05, 4.69) is 39.7 Å². The molecule has 1 fully saturated rings. The Hall–Kier alpha value is -2.14. The fourth-order valence-electron chi connectivity index (χ4n) is 2.60.